The Hall–Kier alpha value is -1.88. The summed E-state index contributed by atoms with van der Waals surface area (Å²) in [7, 11) is 0. The van der Waals surface area contributed by atoms with Gasteiger partial charge < -0.3 is 15.2 Å². The Labute approximate surface area is 124 Å². The number of amides is 1. The summed E-state index contributed by atoms with van der Waals surface area (Å²) in [5.41, 5.74) is 1.09. The number of rotatable bonds is 5. The molecule has 114 valence electrons. The van der Waals surface area contributed by atoms with Gasteiger partial charge in [0, 0.05) is 6.04 Å². The zero-order valence-electron chi connectivity index (χ0n) is 12.2. The minimum Gasteiger partial charge on any atom is -0.449 e. The van der Waals surface area contributed by atoms with E-state index in [0.717, 1.165) is 31.2 Å². The first-order valence-corrected chi connectivity index (χ1v) is 7.31. The first kappa shape index (κ1) is 15.5. The van der Waals surface area contributed by atoms with Gasteiger partial charge >= 0.3 is 5.97 Å². The summed E-state index contributed by atoms with van der Waals surface area (Å²) in [5, 5.41) is 11.9. The Morgan fingerprint density at radius 2 is 1.90 bits per heavy atom. The maximum absolute atomic E-state index is 11.9. The van der Waals surface area contributed by atoms with Crippen LogP contribution in [0, 0.1) is 0 Å². The summed E-state index contributed by atoms with van der Waals surface area (Å²) < 4.78 is 5.17. The van der Waals surface area contributed by atoms with Crippen molar-refractivity contribution in [1.82, 2.24) is 5.32 Å². The van der Waals surface area contributed by atoms with E-state index in [1.54, 1.807) is 31.2 Å². The molecule has 0 heterocycles. The predicted octanol–water partition coefficient (Wildman–Crippen LogP) is 1.78. The van der Waals surface area contributed by atoms with Crippen molar-refractivity contribution in [2.45, 2.75) is 51.4 Å². The third-order valence-corrected chi connectivity index (χ3v) is 3.73. The van der Waals surface area contributed by atoms with Crippen molar-refractivity contribution in [2.75, 3.05) is 0 Å². The lowest BCUT2D eigenvalue weighted by molar-refractivity contribution is -0.129. The van der Waals surface area contributed by atoms with Crippen molar-refractivity contribution in [3.8, 4) is 0 Å². The van der Waals surface area contributed by atoms with E-state index in [2.05, 4.69) is 5.32 Å². The van der Waals surface area contributed by atoms with Crippen LogP contribution < -0.4 is 5.32 Å². The van der Waals surface area contributed by atoms with Gasteiger partial charge in [-0.2, -0.15) is 0 Å². The molecule has 0 aromatic heterocycles. The summed E-state index contributed by atoms with van der Waals surface area (Å²) in [4.78, 5) is 23.9. The van der Waals surface area contributed by atoms with Crippen LogP contribution in [0.15, 0.2) is 24.3 Å². The molecule has 0 spiro atoms. The number of aliphatic hydroxyl groups excluding tert-OH is 1. The van der Waals surface area contributed by atoms with Gasteiger partial charge in [-0.15, -0.1) is 0 Å². The van der Waals surface area contributed by atoms with E-state index in [0.29, 0.717) is 5.56 Å². The van der Waals surface area contributed by atoms with Gasteiger partial charge in [-0.3, -0.25) is 4.79 Å². The van der Waals surface area contributed by atoms with Crippen LogP contribution in [0.2, 0.25) is 0 Å². The van der Waals surface area contributed by atoms with Crippen molar-refractivity contribution >= 4 is 11.9 Å². The monoisotopic (exact) mass is 291 g/mol. The molecule has 2 rings (SSSR count). The Bertz CT molecular complexity index is 492. The number of ether oxygens (including phenoxy) is 1. The normalized spacial score (nSPS) is 16.5. The molecular formula is C16H21NO4. The number of hydrogen-bond acceptors (Lipinski definition) is 4. The molecule has 21 heavy (non-hydrogen) atoms. The number of hydrogen-bond donors (Lipinski definition) is 2. The molecule has 0 bridgehead atoms. The first-order valence-electron chi connectivity index (χ1n) is 7.31. The van der Waals surface area contributed by atoms with Gasteiger partial charge in [0.05, 0.1) is 12.2 Å². The molecule has 1 aliphatic rings. The van der Waals surface area contributed by atoms with Gasteiger partial charge in [0.25, 0.3) is 5.91 Å². The second-order valence-electron chi connectivity index (χ2n) is 5.39. The number of aliphatic hydroxyl groups is 1. The van der Waals surface area contributed by atoms with E-state index in [1.165, 1.54) is 0 Å². The maximum atomic E-state index is 11.9. The Balaban J connectivity index is 1.86. The molecule has 1 saturated carbocycles. The molecule has 5 heteroatoms. The second-order valence-corrected chi connectivity index (χ2v) is 5.39. The SMILES string of the molecule is C[C@@H](OC(=O)c1ccc(CO)cc1)C(=O)NC1CCCC1. The molecule has 5 nitrogen and oxygen atoms in total. The number of benzene rings is 1. The summed E-state index contributed by atoms with van der Waals surface area (Å²) >= 11 is 0. The highest BCUT2D eigenvalue weighted by Crippen LogP contribution is 2.18. The van der Waals surface area contributed by atoms with E-state index in [1.807, 2.05) is 0 Å². The van der Waals surface area contributed by atoms with E-state index in [9.17, 15) is 9.59 Å². The molecule has 1 aromatic carbocycles. The zero-order valence-corrected chi connectivity index (χ0v) is 12.2. The highest BCUT2D eigenvalue weighted by molar-refractivity contribution is 5.92. The number of esters is 1. The molecule has 1 aliphatic carbocycles. The fourth-order valence-corrected chi connectivity index (χ4v) is 2.42. The summed E-state index contributed by atoms with van der Waals surface area (Å²) in [6.45, 7) is 1.50. The van der Waals surface area contributed by atoms with Crippen LogP contribution in [0.3, 0.4) is 0 Å². The van der Waals surface area contributed by atoms with Gasteiger partial charge in [0.1, 0.15) is 0 Å². The molecule has 2 N–H and O–H groups in total. The van der Waals surface area contributed by atoms with Crippen molar-refractivity contribution in [1.29, 1.82) is 0 Å². The van der Waals surface area contributed by atoms with Crippen molar-refractivity contribution < 1.29 is 19.4 Å². The minimum atomic E-state index is -0.810. The van der Waals surface area contributed by atoms with Gasteiger partial charge in [0.2, 0.25) is 0 Å². The molecule has 0 unspecified atom stereocenters. The van der Waals surface area contributed by atoms with Crippen LogP contribution in [0.5, 0.6) is 0 Å². The first-order chi connectivity index (χ1) is 10.1. The lowest BCUT2D eigenvalue weighted by atomic mass is 10.1. The van der Waals surface area contributed by atoms with E-state index in [4.69, 9.17) is 9.84 Å². The molecule has 0 aliphatic heterocycles. The predicted molar refractivity (Wildman–Crippen MR) is 77.6 cm³/mol. The quantitative estimate of drug-likeness (QED) is 0.811. The highest BCUT2D eigenvalue weighted by Gasteiger charge is 2.23. The molecule has 0 saturated heterocycles. The fourth-order valence-electron chi connectivity index (χ4n) is 2.42. The largest absolute Gasteiger partial charge is 0.449 e. The third-order valence-electron chi connectivity index (χ3n) is 3.73. The van der Waals surface area contributed by atoms with Gasteiger partial charge in [-0.05, 0) is 37.5 Å². The van der Waals surface area contributed by atoms with E-state index in [-0.39, 0.29) is 18.6 Å². The summed E-state index contributed by atoms with van der Waals surface area (Å²) in [6, 6.07) is 6.67. The number of carbonyl (C=O) groups excluding carboxylic acids is 2. The van der Waals surface area contributed by atoms with Crippen molar-refractivity contribution in [3.63, 3.8) is 0 Å². The minimum absolute atomic E-state index is 0.0739. The standard InChI is InChI=1S/C16H21NO4/c1-11(15(19)17-14-4-2-3-5-14)21-16(20)13-8-6-12(10-18)7-9-13/h6-9,11,14,18H,2-5,10H2,1H3,(H,17,19)/t11-/m1/s1. The number of carbonyl (C=O) groups is 2. The molecular weight excluding hydrogens is 270 g/mol. The van der Waals surface area contributed by atoms with Crippen LogP contribution in [0.1, 0.15) is 48.5 Å². The lowest BCUT2D eigenvalue weighted by Gasteiger charge is -2.17. The van der Waals surface area contributed by atoms with Gasteiger partial charge in [0.15, 0.2) is 6.10 Å². The average molecular weight is 291 g/mol. The van der Waals surface area contributed by atoms with Crippen LogP contribution in [0.4, 0.5) is 0 Å². The summed E-state index contributed by atoms with van der Waals surface area (Å²) in [6.07, 6.45) is 3.45. The van der Waals surface area contributed by atoms with Crippen LogP contribution >= 0.6 is 0 Å². The van der Waals surface area contributed by atoms with E-state index >= 15 is 0 Å². The van der Waals surface area contributed by atoms with Crippen LogP contribution in [-0.4, -0.2) is 29.1 Å². The maximum Gasteiger partial charge on any atom is 0.338 e. The van der Waals surface area contributed by atoms with Crippen LogP contribution in [0.25, 0.3) is 0 Å². The van der Waals surface area contributed by atoms with Crippen LogP contribution in [-0.2, 0) is 16.1 Å². The molecule has 1 atom stereocenters. The fraction of sp³-hybridized carbons (Fsp3) is 0.500. The molecule has 0 radical (unpaired) electrons. The Kier molecular flexibility index (Phi) is 5.33. The average Bonchev–Trinajstić information content (AvgIpc) is 3.00. The Morgan fingerprint density at radius 3 is 2.48 bits per heavy atom. The molecule has 1 amide bonds. The van der Waals surface area contributed by atoms with Gasteiger partial charge in [-0.1, -0.05) is 25.0 Å². The highest BCUT2D eigenvalue weighted by atomic mass is 16.5. The van der Waals surface area contributed by atoms with Gasteiger partial charge in [-0.25, -0.2) is 4.79 Å². The Morgan fingerprint density at radius 1 is 1.29 bits per heavy atom. The topological polar surface area (TPSA) is 75.6 Å². The smallest absolute Gasteiger partial charge is 0.338 e. The van der Waals surface area contributed by atoms with Crippen molar-refractivity contribution in [2.24, 2.45) is 0 Å². The number of nitrogens with one attached hydrogen (secondary N) is 1. The molecule has 1 fully saturated rings. The second kappa shape index (κ2) is 7.22. The molecule has 1 aromatic rings. The summed E-state index contributed by atoms with van der Waals surface area (Å²) in [5.74, 6) is -0.782. The van der Waals surface area contributed by atoms with E-state index < -0.39 is 12.1 Å². The lowest BCUT2D eigenvalue weighted by Crippen LogP contribution is -2.40. The van der Waals surface area contributed by atoms with Crippen molar-refractivity contribution in [3.05, 3.63) is 35.4 Å². The zero-order chi connectivity index (χ0) is 15.2. The third kappa shape index (κ3) is 4.29.